The second-order valence-electron chi connectivity index (χ2n) is 7.11. The Morgan fingerprint density at radius 3 is 2.97 bits per heavy atom. The third-order valence-electron chi connectivity index (χ3n) is 5.12. The Balaban J connectivity index is 1.39. The first-order valence-corrected chi connectivity index (χ1v) is 10.6. The summed E-state index contributed by atoms with van der Waals surface area (Å²) in [5, 5.41) is 18.4. The Morgan fingerprint density at radius 2 is 2.23 bits per heavy atom. The lowest BCUT2D eigenvalue weighted by Crippen LogP contribution is -2.52. The SMILES string of the molecule is Cc1ccc(NC(=O)NCc2scc3c2CN(C2CCC(=O)NC2=O)C3=N)nc1Cl. The molecule has 30 heavy (non-hydrogen) atoms. The van der Waals surface area contributed by atoms with Gasteiger partial charge < -0.3 is 10.2 Å². The number of carbonyl (C=O) groups excluding carboxylic acids is 3. The lowest BCUT2D eigenvalue weighted by Gasteiger charge is -2.30. The molecule has 0 spiro atoms. The molecule has 11 heteroatoms. The van der Waals surface area contributed by atoms with Crippen LogP contribution in [0.5, 0.6) is 0 Å². The molecule has 1 saturated heterocycles. The van der Waals surface area contributed by atoms with Crippen molar-refractivity contribution in [2.45, 2.75) is 38.9 Å². The normalized spacial score (nSPS) is 18.3. The monoisotopic (exact) mass is 446 g/mol. The number of aryl methyl sites for hydroxylation is 1. The van der Waals surface area contributed by atoms with Crippen molar-refractivity contribution in [1.82, 2.24) is 20.5 Å². The van der Waals surface area contributed by atoms with E-state index in [4.69, 9.17) is 17.0 Å². The Bertz CT molecular complexity index is 1070. The number of amidine groups is 1. The highest BCUT2D eigenvalue weighted by atomic mass is 35.5. The molecule has 1 atom stereocenters. The van der Waals surface area contributed by atoms with E-state index in [1.807, 2.05) is 12.3 Å². The van der Waals surface area contributed by atoms with Crippen LogP contribution in [0, 0.1) is 12.3 Å². The predicted octanol–water partition coefficient (Wildman–Crippen LogP) is 2.37. The molecule has 1 fully saturated rings. The van der Waals surface area contributed by atoms with Crippen LogP contribution < -0.4 is 16.0 Å². The smallest absolute Gasteiger partial charge is 0.320 e. The maximum atomic E-state index is 12.2. The largest absolute Gasteiger partial charge is 0.340 e. The quantitative estimate of drug-likeness (QED) is 0.423. The average Bonchev–Trinajstić information content (AvgIpc) is 3.23. The molecule has 4 heterocycles. The van der Waals surface area contributed by atoms with Gasteiger partial charge in [0.2, 0.25) is 11.8 Å². The van der Waals surface area contributed by atoms with Crippen LogP contribution in [0.2, 0.25) is 5.15 Å². The van der Waals surface area contributed by atoms with Crippen LogP contribution >= 0.6 is 22.9 Å². The molecular formula is C19H19ClN6O3S. The van der Waals surface area contributed by atoms with Crippen molar-refractivity contribution < 1.29 is 14.4 Å². The van der Waals surface area contributed by atoms with Crippen LogP contribution in [-0.2, 0) is 22.7 Å². The Labute approximate surface area is 181 Å². The van der Waals surface area contributed by atoms with Gasteiger partial charge in [0, 0.05) is 28.8 Å². The maximum Gasteiger partial charge on any atom is 0.320 e. The van der Waals surface area contributed by atoms with E-state index in [0.717, 1.165) is 21.6 Å². The summed E-state index contributed by atoms with van der Waals surface area (Å²) in [6, 6.07) is 2.49. The highest BCUT2D eigenvalue weighted by molar-refractivity contribution is 7.10. The molecule has 0 radical (unpaired) electrons. The van der Waals surface area contributed by atoms with E-state index < -0.39 is 12.1 Å². The number of thiophene rings is 1. The highest BCUT2D eigenvalue weighted by Gasteiger charge is 2.38. The third-order valence-corrected chi connectivity index (χ3v) is 6.54. The highest BCUT2D eigenvalue weighted by Crippen LogP contribution is 2.33. The number of imide groups is 1. The van der Waals surface area contributed by atoms with Gasteiger partial charge in [-0.1, -0.05) is 17.7 Å². The van der Waals surface area contributed by atoms with Crippen molar-refractivity contribution in [1.29, 1.82) is 5.41 Å². The second kappa shape index (κ2) is 8.04. The average molecular weight is 447 g/mol. The summed E-state index contributed by atoms with van der Waals surface area (Å²) in [5.74, 6) is -0.0279. The molecule has 0 bridgehead atoms. The van der Waals surface area contributed by atoms with E-state index in [2.05, 4.69) is 20.9 Å². The van der Waals surface area contributed by atoms with Crippen LogP contribution in [0.1, 0.15) is 34.4 Å². The molecule has 156 valence electrons. The van der Waals surface area contributed by atoms with Crippen LogP contribution in [0.3, 0.4) is 0 Å². The lowest BCUT2D eigenvalue weighted by molar-refractivity contribution is -0.136. The van der Waals surface area contributed by atoms with Crippen molar-refractivity contribution in [3.63, 3.8) is 0 Å². The summed E-state index contributed by atoms with van der Waals surface area (Å²) < 4.78 is 0. The molecule has 2 aromatic heterocycles. The number of halogens is 1. The maximum absolute atomic E-state index is 12.2. The molecule has 2 aliphatic heterocycles. The Hall–Kier alpha value is -2.98. The van der Waals surface area contributed by atoms with Crippen molar-refractivity contribution in [3.8, 4) is 0 Å². The minimum atomic E-state index is -0.533. The number of piperidine rings is 1. The minimum Gasteiger partial charge on any atom is -0.340 e. The number of carbonyl (C=O) groups is 3. The first-order chi connectivity index (χ1) is 14.3. The number of rotatable bonds is 4. The molecule has 4 rings (SSSR count). The van der Waals surface area contributed by atoms with Crippen molar-refractivity contribution >= 4 is 52.4 Å². The van der Waals surface area contributed by atoms with E-state index in [1.54, 1.807) is 17.0 Å². The van der Waals surface area contributed by atoms with Gasteiger partial charge in [0.05, 0.1) is 6.54 Å². The van der Waals surface area contributed by atoms with Gasteiger partial charge in [0.15, 0.2) is 0 Å². The fourth-order valence-corrected chi connectivity index (χ4v) is 4.63. The zero-order valence-corrected chi connectivity index (χ0v) is 17.6. The first kappa shape index (κ1) is 20.3. The number of anilines is 1. The summed E-state index contributed by atoms with van der Waals surface area (Å²) in [5.41, 5.74) is 2.50. The molecule has 0 aliphatic carbocycles. The van der Waals surface area contributed by atoms with Crippen LogP contribution in [0.15, 0.2) is 17.5 Å². The standard InChI is InChI=1S/C19H19ClN6O3S/c1-9-2-4-14(23-16(9)20)24-19(29)22-6-13-10-7-26(17(21)11(10)8-30-13)12-3-5-15(27)25-18(12)28/h2,4,8,12,21H,3,5-7H2,1H3,(H,25,27,28)(H2,22,23,24,29). The van der Waals surface area contributed by atoms with Gasteiger partial charge in [0.1, 0.15) is 22.8 Å². The van der Waals surface area contributed by atoms with Crippen molar-refractivity contribution in [2.24, 2.45) is 0 Å². The second-order valence-corrected chi connectivity index (χ2v) is 8.43. The van der Waals surface area contributed by atoms with Gasteiger partial charge in [-0.15, -0.1) is 11.3 Å². The number of hydrogen-bond donors (Lipinski definition) is 4. The van der Waals surface area contributed by atoms with E-state index >= 15 is 0 Å². The first-order valence-electron chi connectivity index (χ1n) is 9.30. The van der Waals surface area contributed by atoms with Crippen molar-refractivity contribution in [3.05, 3.63) is 44.2 Å². The summed E-state index contributed by atoms with van der Waals surface area (Å²) >= 11 is 7.43. The van der Waals surface area contributed by atoms with Gasteiger partial charge in [0.25, 0.3) is 0 Å². The number of nitrogens with zero attached hydrogens (tertiary/aromatic N) is 2. The summed E-state index contributed by atoms with van der Waals surface area (Å²) in [7, 11) is 0. The van der Waals surface area contributed by atoms with E-state index in [0.29, 0.717) is 23.9 Å². The number of urea groups is 1. The van der Waals surface area contributed by atoms with Gasteiger partial charge in [-0.3, -0.25) is 25.6 Å². The van der Waals surface area contributed by atoms with E-state index in [9.17, 15) is 14.4 Å². The number of aromatic nitrogens is 1. The molecule has 0 aromatic carbocycles. The molecule has 2 aliphatic rings. The molecular weight excluding hydrogens is 428 g/mol. The van der Waals surface area contributed by atoms with Gasteiger partial charge in [-0.25, -0.2) is 9.78 Å². The fourth-order valence-electron chi connectivity index (χ4n) is 3.49. The van der Waals surface area contributed by atoms with Crippen LogP contribution in [0.4, 0.5) is 10.6 Å². The molecule has 4 amide bonds. The molecule has 1 unspecified atom stereocenters. The summed E-state index contributed by atoms with van der Waals surface area (Å²) in [6.45, 7) is 2.51. The topological polar surface area (TPSA) is 127 Å². The molecule has 9 nitrogen and oxygen atoms in total. The minimum absolute atomic E-state index is 0.263. The number of nitrogens with one attached hydrogen (secondary N) is 4. The molecule has 0 saturated carbocycles. The van der Waals surface area contributed by atoms with Crippen molar-refractivity contribution in [2.75, 3.05) is 5.32 Å². The zero-order valence-electron chi connectivity index (χ0n) is 16.0. The van der Waals surface area contributed by atoms with E-state index in [-0.39, 0.29) is 30.6 Å². The Kier molecular flexibility index (Phi) is 5.44. The molecule has 2 aromatic rings. The predicted molar refractivity (Wildman–Crippen MR) is 113 cm³/mol. The molecule has 4 N–H and O–H groups in total. The number of amides is 4. The fraction of sp³-hybridized carbons (Fsp3) is 0.316. The lowest BCUT2D eigenvalue weighted by atomic mass is 10.0. The number of fused-ring (bicyclic) bond motifs is 1. The third kappa shape index (κ3) is 3.88. The van der Waals surface area contributed by atoms with Gasteiger partial charge in [-0.2, -0.15) is 0 Å². The summed E-state index contributed by atoms with van der Waals surface area (Å²) in [6.07, 6.45) is 0.654. The summed E-state index contributed by atoms with van der Waals surface area (Å²) in [4.78, 5) is 42.5. The van der Waals surface area contributed by atoms with Gasteiger partial charge >= 0.3 is 6.03 Å². The van der Waals surface area contributed by atoms with Crippen LogP contribution in [-0.4, -0.2) is 39.6 Å². The number of pyridine rings is 1. The van der Waals surface area contributed by atoms with Gasteiger partial charge in [-0.05, 0) is 30.5 Å². The van der Waals surface area contributed by atoms with Crippen LogP contribution in [0.25, 0.3) is 0 Å². The zero-order chi connectivity index (χ0) is 21.4. The number of hydrogen-bond acceptors (Lipinski definition) is 6. The van der Waals surface area contributed by atoms with E-state index in [1.165, 1.54) is 11.3 Å². The Morgan fingerprint density at radius 1 is 1.43 bits per heavy atom.